The molecule has 1 aromatic carbocycles. The zero-order valence-electron chi connectivity index (χ0n) is 12.2. The van der Waals surface area contributed by atoms with Crippen molar-refractivity contribution in [3.63, 3.8) is 0 Å². The van der Waals surface area contributed by atoms with Gasteiger partial charge in [0.15, 0.2) is 0 Å². The van der Waals surface area contributed by atoms with E-state index in [4.69, 9.17) is 10.5 Å². The normalized spacial score (nSPS) is 19.6. The van der Waals surface area contributed by atoms with Crippen LogP contribution in [0.15, 0.2) is 23.1 Å². The largest absolute Gasteiger partial charge is 0.465 e. The Morgan fingerprint density at radius 3 is 2.76 bits per heavy atom. The number of hydrogen-bond acceptors (Lipinski definition) is 5. The van der Waals surface area contributed by atoms with E-state index < -0.39 is 22.0 Å². The van der Waals surface area contributed by atoms with Gasteiger partial charge in [0.2, 0.25) is 10.0 Å². The monoisotopic (exact) mass is 312 g/mol. The molecule has 0 aliphatic carbocycles. The van der Waals surface area contributed by atoms with Crippen LogP contribution in [0.5, 0.6) is 0 Å². The molecule has 1 aliphatic rings. The summed E-state index contributed by atoms with van der Waals surface area (Å²) in [6.45, 7) is 4.04. The highest BCUT2D eigenvalue weighted by Crippen LogP contribution is 2.28. The molecular formula is C14H20N2O4S. The van der Waals surface area contributed by atoms with Gasteiger partial charge in [-0.15, -0.1) is 0 Å². The van der Waals surface area contributed by atoms with Gasteiger partial charge < -0.3 is 10.5 Å². The number of carbonyl (C=O) groups excluding carboxylic acids is 1. The predicted octanol–water partition coefficient (Wildman–Crippen LogP) is 1.29. The number of hydrogen-bond donors (Lipinski definition) is 1. The van der Waals surface area contributed by atoms with Gasteiger partial charge in [-0.05, 0) is 50.5 Å². The minimum Gasteiger partial charge on any atom is -0.465 e. The fourth-order valence-electron chi connectivity index (χ4n) is 2.56. The van der Waals surface area contributed by atoms with Crippen molar-refractivity contribution in [1.29, 1.82) is 0 Å². The van der Waals surface area contributed by atoms with Gasteiger partial charge in [-0.25, -0.2) is 8.42 Å². The molecule has 0 saturated carbocycles. The fraction of sp³-hybridized carbons (Fsp3) is 0.500. The maximum Gasteiger partial charge on any atom is 0.324 e. The Balaban J connectivity index is 2.36. The van der Waals surface area contributed by atoms with Crippen molar-refractivity contribution >= 4 is 21.7 Å². The van der Waals surface area contributed by atoms with Gasteiger partial charge in [0.1, 0.15) is 6.04 Å². The van der Waals surface area contributed by atoms with Gasteiger partial charge in [0.25, 0.3) is 0 Å². The second-order valence-corrected chi connectivity index (χ2v) is 7.00. The van der Waals surface area contributed by atoms with E-state index in [1.54, 1.807) is 26.0 Å². The van der Waals surface area contributed by atoms with Crippen LogP contribution >= 0.6 is 0 Å². The number of carbonyl (C=O) groups is 1. The summed E-state index contributed by atoms with van der Waals surface area (Å²) in [6.07, 6.45) is 1.13. The maximum absolute atomic E-state index is 12.7. The second kappa shape index (κ2) is 6.03. The van der Waals surface area contributed by atoms with Crippen molar-refractivity contribution in [1.82, 2.24) is 4.31 Å². The Morgan fingerprint density at radius 2 is 2.14 bits per heavy atom. The van der Waals surface area contributed by atoms with Crippen LogP contribution in [0.25, 0.3) is 0 Å². The second-order valence-electron chi connectivity index (χ2n) is 5.11. The van der Waals surface area contributed by atoms with Crippen LogP contribution in [0.4, 0.5) is 5.69 Å². The minimum atomic E-state index is -3.74. The SMILES string of the molecule is CCOC(=O)C1CCCN1S(=O)(=O)c1cc(C)cc(N)c1. The van der Waals surface area contributed by atoms with E-state index >= 15 is 0 Å². The van der Waals surface area contributed by atoms with E-state index in [2.05, 4.69) is 0 Å². The highest BCUT2D eigenvalue weighted by Gasteiger charge is 2.40. The molecule has 116 valence electrons. The Kier molecular flexibility index (Phi) is 4.53. The minimum absolute atomic E-state index is 0.121. The molecule has 6 nitrogen and oxygen atoms in total. The highest BCUT2D eigenvalue weighted by molar-refractivity contribution is 7.89. The number of benzene rings is 1. The Morgan fingerprint density at radius 1 is 1.43 bits per heavy atom. The van der Waals surface area contributed by atoms with E-state index in [1.165, 1.54) is 10.4 Å². The molecule has 1 saturated heterocycles. The van der Waals surface area contributed by atoms with Crippen molar-refractivity contribution in [2.45, 2.75) is 37.6 Å². The zero-order chi connectivity index (χ0) is 15.6. The summed E-state index contributed by atoms with van der Waals surface area (Å²) >= 11 is 0. The molecule has 1 aromatic rings. The number of nitrogens with zero attached hydrogens (tertiary/aromatic N) is 1. The van der Waals surface area contributed by atoms with E-state index in [-0.39, 0.29) is 11.5 Å². The number of nitrogens with two attached hydrogens (primary N) is 1. The van der Waals surface area contributed by atoms with Crippen molar-refractivity contribution in [3.8, 4) is 0 Å². The number of aryl methyl sites for hydroxylation is 1. The molecule has 1 atom stereocenters. The highest BCUT2D eigenvalue weighted by atomic mass is 32.2. The van der Waals surface area contributed by atoms with Crippen LogP contribution in [0, 0.1) is 6.92 Å². The summed E-state index contributed by atoms with van der Waals surface area (Å²) in [4.78, 5) is 12.0. The lowest BCUT2D eigenvalue weighted by atomic mass is 10.2. The number of rotatable bonds is 4. The molecule has 0 aromatic heterocycles. The summed E-state index contributed by atoms with van der Waals surface area (Å²) in [5.41, 5.74) is 6.88. The predicted molar refractivity (Wildman–Crippen MR) is 79.1 cm³/mol. The van der Waals surface area contributed by atoms with E-state index in [0.29, 0.717) is 25.1 Å². The van der Waals surface area contributed by atoms with E-state index in [0.717, 1.165) is 5.56 Å². The first-order chi connectivity index (χ1) is 9.86. The molecule has 1 heterocycles. The van der Waals surface area contributed by atoms with Crippen LogP contribution in [0.3, 0.4) is 0 Å². The Bertz CT molecular complexity index is 622. The molecule has 0 spiro atoms. The zero-order valence-corrected chi connectivity index (χ0v) is 13.0. The molecule has 0 bridgehead atoms. The number of nitrogen functional groups attached to an aromatic ring is 1. The lowest BCUT2D eigenvalue weighted by Gasteiger charge is -2.22. The van der Waals surface area contributed by atoms with Crippen LogP contribution in [0.2, 0.25) is 0 Å². The lowest BCUT2D eigenvalue weighted by molar-refractivity contribution is -0.146. The number of anilines is 1. The quantitative estimate of drug-likeness (QED) is 0.668. The van der Waals surface area contributed by atoms with Gasteiger partial charge in [-0.1, -0.05) is 0 Å². The molecule has 2 N–H and O–H groups in total. The summed E-state index contributed by atoms with van der Waals surface area (Å²) in [6, 6.07) is 3.94. The molecule has 0 amide bonds. The first kappa shape index (κ1) is 15.8. The van der Waals surface area contributed by atoms with Gasteiger partial charge in [-0.2, -0.15) is 4.31 Å². The molecule has 1 fully saturated rings. The van der Waals surface area contributed by atoms with Crippen LogP contribution in [0.1, 0.15) is 25.3 Å². The third kappa shape index (κ3) is 3.19. The van der Waals surface area contributed by atoms with Gasteiger partial charge in [0, 0.05) is 12.2 Å². The molecule has 7 heteroatoms. The summed E-state index contributed by atoms with van der Waals surface area (Å²) in [5, 5.41) is 0. The van der Waals surface area contributed by atoms with Crippen molar-refractivity contribution in [3.05, 3.63) is 23.8 Å². The van der Waals surface area contributed by atoms with Crippen molar-refractivity contribution in [2.75, 3.05) is 18.9 Å². The Hall–Kier alpha value is -1.60. The molecule has 2 rings (SSSR count). The van der Waals surface area contributed by atoms with Gasteiger partial charge in [0.05, 0.1) is 11.5 Å². The Labute approximate surface area is 124 Å². The first-order valence-corrected chi connectivity index (χ1v) is 8.36. The number of ether oxygens (including phenoxy) is 1. The number of esters is 1. The smallest absolute Gasteiger partial charge is 0.324 e. The van der Waals surface area contributed by atoms with E-state index in [9.17, 15) is 13.2 Å². The number of sulfonamides is 1. The van der Waals surface area contributed by atoms with Crippen LogP contribution < -0.4 is 5.73 Å². The fourth-order valence-corrected chi connectivity index (χ4v) is 4.35. The molecular weight excluding hydrogens is 292 g/mol. The van der Waals surface area contributed by atoms with E-state index in [1.807, 2.05) is 0 Å². The average molecular weight is 312 g/mol. The molecule has 1 unspecified atom stereocenters. The third-order valence-corrected chi connectivity index (χ3v) is 5.33. The molecule has 0 radical (unpaired) electrons. The van der Waals surface area contributed by atoms with Crippen molar-refractivity contribution in [2.24, 2.45) is 0 Å². The van der Waals surface area contributed by atoms with Crippen LogP contribution in [-0.2, 0) is 19.6 Å². The third-order valence-electron chi connectivity index (χ3n) is 3.44. The maximum atomic E-state index is 12.7. The summed E-state index contributed by atoms with van der Waals surface area (Å²) in [7, 11) is -3.74. The summed E-state index contributed by atoms with van der Waals surface area (Å²) < 4.78 is 31.6. The lowest BCUT2D eigenvalue weighted by Crippen LogP contribution is -2.41. The van der Waals surface area contributed by atoms with Crippen molar-refractivity contribution < 1.29 is 17.9 Å². The first-order valence-electron chi connectivity index (χ1n) is 6.92. The topological polar surface area (TPSA) is 89.7 Å². The molecule has 1 aliphatic heterocycles. The van der Waals surface area contributed by atoms with Gasteiger partial charge in [-0.3, -0.25) is 4.79 Å². The average Bonchev–Trinajstić information content (AvgIpc) is 2.87. The van der Waals surface area contributed by atoms with Gasteiger partial charge >= 0.3 is 5.97 Å². The molecule has 21 heavy (non-hydrogen) atoms. The summed E-state index contributed by atoms with van der Waals surface area (Å²) in [5.74, 6) is -0.487. The standard InChI is InChI=1S/C14H20N2O4S/c1-3-20-14(17)13-5-4-6-16(13)21(18,19)12-8-10(2)7-11(15)9-12/h7-9,13H,3-6,15H2,1-2H3. The van der Waals surface area contributed by atoms with Crippen LogP contribution in [-0.4, -0.2) is 37.9 Å².